The number of benzene rings is 1. The molecule has 0 saturated carbocycles. The molecule has 0 N–H and O–H groups in total. The Kier molecular flexibility index (Phi) is 3.91. The Morgan fingerprint density at radius 1 is 1.47 bits per heavy atom. The second-order valence-electron chi connectivity index (χ2n) is 6.12. The normalized spacial score (nSPS) is 21.1. The number of anilines is 1. The van der Waals surface area contributed by atoms with Gasteiger partial charge < -0.3 is 4.90 Å². The van der Waals surface area contributed by atoms with Gasteiger partial charge in [0.05, 0.1) is 5.02 Å². The molecule has 1 aliphatic heterocycles. The SMILES string of the molecule is CCCN1c2cc(Cl)c(C=O)cc2[C@@H](C)CC1(C)C. The predicted octanol–water partition coefficient (Wildman–Crippen LogP) is 4.65. The second kappa shape index (κ2) is 5.16. The summed E-state index contributed by atoms with van der Waals surface area (Å²) in [4.78, 5) is 13.5. The third-order valence-electron chi connectivity index (χ3n) is 4.08. The van der Waals surface area contributed by atoms with Gasteiger partial charge in [-0.3, -0.25) is 4.79 Å². The summed E-state index contributed by atoms with van der Waals surface area (Å²) in [7, 11) is 0. The van der Waals surface area contributed by atoms with Crippen molar-refractivity contribution in [1.29, 1.82) is 0 Å². The van der Waals surface area contributed by atoms with Crippen LogP contribution in [0.4, 0.5) is 5.69 Å². The van der Waals surface area contributed by atoms with Crippen LogP contribution in [0.3, 0.4) is 0 Å². The van der Waals surface area contributed by atoms with E-state index in [1.165, 1.54) is 11.3 Å². The molecular weight excluding hydrogens is 258 g/mol. The Balaban J connectivity index is 2.58. The molecule has 0 bridgehead atoms. The summed E-state index contributed by atoms with van der Waals surface area (Å²) in [5.74, 6) is 0.453. The van der Waals surface area contributed by atoms with E-state index in [1.54, 1.807) is 0 Å². The lowest BCUT2D eigenvalue weighted by Crippen LogP contribution is -2.48. The smallest absolute Gasteiger partial charge is 0.151 e. The van der Waals surface area contributed by atoms with Crippen molar-refractivity contribution in [3.63, 3.8) is 0 Å². The van der Waals surface area contributed by atoms with Gasteiger partial charge in [0.1, 0.15) is 0 Å². The summed E-state index contributed by atoms with van der Waals surface area (Å²) < 4.78 is 0. The Hall–Kier alpha value is -1.02. The van der Waals surface area contributed by atoms with E-state index in [4.69, 9.17) is 11.6 Å². The van der Waals surface area contributed by atoms with Gasteiger partial charge in [-0.05, 0) is 50.3 Å². The largest absolute Gasteiger partial charge is 0.366 e. The van der Waals surface area contributed by atoms with Crippen molar-refractivity contribution in [1.82, 2.24) is 0 Å². The molecule has 2 nitrogen and oxygen atoms in total. The number of nitrogens with zero attached hydrogens (tertiary/aromatic N) is 1. The van der Waals surface area contributed by atoms with Crippen molar-refractivity contribution in [3.8, 4) is 0 Å². The number of hydrogen-bond acceptors (Lipinski definition) is 2. The number of carbonyl (C=O) groups is 1. The van der Waals surface area contributed by atoms with Gasteiger partial charge in [-0.2, -0.15) is 0 Å². The van der Waals surface area contributed by atoms with Crippen LogP contribution in [0, 0.1) is 0 Å². The zero-order valence-corrected chi connectivity index (χ0v) is 12.9. The van der Waals surface area contributed by atoms with Crippen LogP contribution in [-0.2, 0) is 0 Å². The molecule has 0 fully saturated rings. The highest BCUT2D eigenvalue weighted by Gasteiger charge is 2.36. The molecule has 0 saturated heterocycles. The summed E-state index contributed by atoms with van der Waals surface area (Å²) in [5.41, 5.74) is 3.18. The molecule has 1 aromatic carbocycles. The number of carbonyl (C=O) groups excluding carboxylic acids is 1. The van der Waals surface area contributed by atoms with E-state index in [0.29, 0.717) is 16.5 Å². The summed E-state index contributed by atoms with van der Waals surface area (Å²) in [6, 6.07) is 3.93. The topological polar surface area (TPSA) is 20.3 Å². The lowest BCUT2D eigenvalue weighted by atomic mass is 9.79. The molecule has 0 spiro atoms. The molecule has 19 heavy (non-hydrogen) atoms. The quantitative estimate of drug-likeness (QED) is 0.751. The van der Waals surface area contributed by atoms with E-state index >= 15 is 0 Å². The van der Waals surface area contributed by atoms with E-state index in [9.17, 15) is 4.79 Å². The lowest BCUT2D eigenvalue weighted by Gasteiger charge is -2.47. The molecule has 1 atom stereocenters. The Bertz CT molecular complexity index is 496. The molecule has 0 unspecified atom stereocenters. The van der Waals surface area contributed by atoms with Crippen molar-refractivity contribution >= 4 is 23.6 Å². The van der Waals surface area contributed by atoms with Crippen molar-refractivity contribution in [2.24, 2.45) is 0 Å². The maximum absolute atomic E-state index is 11.1. The molecule has 104 valence electrons. The lowest BCUT2D eigenvalue weighted by molar-refractivity contribution is 0.112. The van der Waals surface area contributed by atoms with Crippen LogP contribution in [0.2, 0.25) is 5.02 Å². The molecule has 0 amide bonds. The van der Waals surface area contributed by atoms with Crippen molar-refractivity contribution in [2.45, 2.75) is 52.0 Å². The zero-order chi connectivity index (χ0) is 14.2. The van der Waals surface area contributed by atoms with Gasteiger partial charge in [-0.25, -0.2) is 0 Å². The molecule has 0 aliphatic carbocycles. The highest BCUT2D eigenvalue weighted by Crippen LogP contribution is 2.44. The van der Waals surface area contributed by atoms with Crippen LogP contribution in [-0.4, -0.2) is 18.4 Å². The first-order valence-electron chi connectivity index (χ1n) is 6.97. The first kappa shape index (κ1) is 14.4. The van der Waals surface area contributed by atoms with Crippen LogP contribution in [0.15, 0.2) is 12.1 Å². The summed E-state index contributed by atoms with van der Waals surface area (Å²) in [6.07, 6.45) is 3.05. The average molecular weight is 280 g/mol. The second-order valence-corrected chi connectivity index (χ2v) is 6.53. The van der Waals surface area contributed by atoms with Crippen molar-refractivity contribution in [2.75, 3.05) is 11.4 Å². The number of rotatable bonds is 3. The molecule has 0 aromatic heterocycles. The van der Waals surface area contributed by atoms with Crippen LogP contribution in [0.25, 0.3) is 0 Å². The minimum absolute atomic E-state index is 0.133. The number of fused-ring (bicyclic) bond motifs is 1. The maximum atomic E-state index is 11.1. The number of halogens is 1. The van der Waals surface area contributed by atoms with Gasteiger partial charge in [0.25, 0.3) is 0 Å². The van der Waals surface area contributed by atoms with Crippen LogP contribution in [0.5, 0.6) is 0 Å². The van der Waals surface area contributed by atoms with E-state index < -0.39 is 0 Å². The van der Waals surface area contributed by atoms with Gasteiger partial charge in [0.2, 0.25) is 0 Å². The third-order valence-corrected chi connectivity index (χ3v) is 4.41. The van der Waals surface area contributed by atoms with Gasteiger partial charge in [-0.15, -0.1) is 0 Å². The predicted molar refractivity (Wildman–Crippen MR) is 81.6 cm³/mol. The number of hydrogen-bond donors (Lipinski definition) is 0. The molecule has 1 heterocycles. The van der Waals surface area contributed by atoms with Crippen molar-refractivity contribution in [3.05, 3.63) is 28.3 Å². The summed E-state index contributed by atoms with van der Waals surface area (Å²) in [6.45, 7) is 10.00. The molecule has 1 aromatic rings. The van der Waals surface area contributed by atoms with E-state index in [0.717, 1.165) is 25.7 Å². The van der Waals surface area contributed by atoms with Crippen LogP contribution >= 0.6 is 11.6 Å². The van der Waals surface area contributed by atoms with E-state index in [-0.39, 0.29) is 5.54 Å². The molecule has 0 radical (unpaired) electrons. The molecular formula is C16H22ClNO. The fourth-order valence-corrected chi connectivity index (χ4v) is 3.46. The first-order valence-corrected chi connectivity index (χ1v) is 7.34. The molecule has 1 aliphatic rings. The average Bonchev–Trinajstić information content (AvgIpc) is 2.33. The van der Waals surface area contributed by atoms with Crippen molar-refractivity contribution < 1.29 is 4.79 Å². The van der Waals surface area contributed by atoms with Gasteiger partial charge in [-0.1, -0.05) is 25.4 Å². The summed E-state index contributed by atoms with van der Waals surface area (Å²) >= 11 is 6.21. The summed E-state index contributed by atoms with van der Waals surface area (Å²) in [5, 5.41) is 0.555. The van der Waals surface area contributed by atoms with Crippen LogP contribution < -0.4 is 4.90 Å². The molecule has 3 heteroatoms. The standard InChI is InChI=1S/C16H22ClNO/c1-5-6-18-15-8-14(17)12(10-19)7-13(15)11(2)9-16(18,3)4/h7-8,10-11H,5-6,9H2,1-4H3/t11-/m0/s1. The van der Waals surface area contributed by atoms with Crippen LogP contribution in [0.1, 0.15) is 62.4 Å². The zero-order valence-electron chi connectivity index (χ0n) is 12.2. The maximum Gasteiger partial charge on any atom is 0.151 e. The van der Waals surface area contributed by atoms with Gasteiger partial charge in [0.15, 0.2) is 6.29 Å². The highest BCUT2D eigenvalue weighted by molar-refractivity contribution is 6.33. The Labute approximate surface area is 120 Å². The van der Waals surface area contributed by atoms with Gasteiger partial charge >= 0.3 is 0 Å². The van der Waals surface area contributed by atoms with E-state index in [1.807, 2.05) is 12.1 Å². The molecule has 2 rings (SSSR count). The number of aldehydes is 1. The Morgan fingerprint density at radius 3 is 2.74 bits per heavy atom. The highest BCUT2D eigenvalue weighted by atomic mass is 35.5. The first-order chi connectivity index (χ1) is 8.90. The Morgan fingerprint density at radius 2 is 2.16 bits per heavy atom. The fraction of sp³-hybridized carbons (Fsp3) is 0.562. The fourth-order valence-electron chi connectivity index (χ4n) is 3.26. The monoisotopic (exact) mass is 279 g/mol. The minimum atomic E-state index is 0.133. The third kappa shape index (κ3) is 2.51. The minimum Gasteiger partial charge on any atom is -0.366 e. The van der Waals surface area contributed by atoms with Gasteiger partial charge in [0, 0.05) is 23.3 Å². The van der Waals surface area contributed by atoms with E-state index in [2.05, 4.69) is 32.6 Å².